The number of carbonyl (C=O) groups is 2. The number of hydrogen-bond acceptors (Lipinski definition) is 6. The van der Waals surface area contributed by atoms with Gasteiger partial charge in [-0.2, -0.15) is 0 Å². The fourth-order valence-electron chi connectivity index (χ4n) is 2.64. The van der Waals surface area contributed by atoms with E-state index < -0.39 is 21.7 Å². The SMILES string of the molecule is O=C(CC1CCS(=O)(=O)C1)NNC(=O)c1csc(-c2ccc(Cl)cc2)n1. The summed E-state index contributed by atoms with van der Waals surface area (Å²) in [5.41, 5.74) is 5.63. The molecule has 3 rings (SSSR count). The van der Waals surface area contributed by atoms with Crippen LogP contribution < -0.4 is 10.9 Å². The fraction of sp³-hybridized carbons (Fsp3) is 0.312. The van der Waals surface area contributed by atoms with Crippen LogP contribution in [-0.4, -0.2) is 36.7 Å². The molecule has 1 fully saturated rings. The first-order valence-corrected chi connectivity index (χ1v) is 10.9. The smallest absolute Gasteiger partial charge is 0.273 e. The van der Waals surface area contributed by atoms with Crippen LogP contribution in [0, 0.1) is 5.92 Å². The lowest BCUT2D eigenvalue weighted by atomic mass is 10.1. The third-order valence-corrected chi connectivity index (χ3v) is 6.92. The fourth-order valence-corrected chi connectivity index (χ4v) is 5.43. The van der Waals surface area contributed by atoms with E-state index in [1.54, 1.807) is 29.6 Å². The Bertz CT molecular complexity index is 925. The number of halogens is 1. The van der Waals surface area contributed by atoms with E-state index in [9.17, 15) is 18.0 Å². The van der Waals surface area contributed by atoms with Crippen molar-refractivity contribution in [3.05, 3.63) is 40.4 Å². The van der Waals surface area contributed by atoms with Crippen molar-refractivity contribution in [2.75, 3.05) is 11.5 Å². The van der Waals surface area contributed by atoms with Gasteiger partial charge in [-0.3, -0.25) is 20.4 Å². The average molecular weight is 414 g/mol. The molecule has 10 heteroatoms. The maximum atomic E-state index is 12.1. The molecular formula is C16H16ClN3O4S2. The first kappa shape index (κ1) is 18.8. The molecule has 2 aromatic rings. The molecule has 0 radical (unpaired) electrons. The Hall–Kier alpha value is -1.97. The lowest BCUT2D eigenvalue weighted by molar-refractivity contribution is -0.122. The van der Waals surface area contributed by atoms with Crippen molar-refractivity contribution in [1.29, 1.82) is 0 Å². The van der Waals surface area contributed by atoms with Crippen LogP contribution in [-0.2, 0) is 14.6 Å². The van der Waals surface area contributed by atoms with Gasteiger partial charge in [-0.1, -0.05) is 23.7 Å². The van der Waals surface area contributed by atoms with Crippen molar-refractivity contribution in [3.8, 4) is 10.6 Å². The van der Waals surface area contributed by atoms with Crippen molar-refractivity contribution in [1.82, 2.24) is 15.8 Å². The molecule has 138 valence electrons. The van der Waals surface area contributed by atoms with E-state index in [0.29, 0.717) is 16.5 Å². The second-order valence-corrected chi connectivity index (χ2v) is 9.54. The van der Waals surface area contributed by atoms with Crippen LogP contribution in [0.3, 0.4) is 0 Å². The van der Waals surface area contributed by atoms with Crippen LogP contribution in [0.15, 0.2) is 29.6 Å². The van der Waals surface area contributed by atoms with E-state index in [0.717, 1.165) is 5.56 Å². The summed E-state index contributed by atoms with van der Waals surface area (Å²) in [5, 5.41) is 2.87. The second-order valence-electron chi connectivity index (χ2n) is 6.02. The normalized spacial score (nSPS) is 18.4. The number of hydrazine groups is 1. The lowest BCUT2D eigenvalue weighted by Crippen LogP contribution is -2.42. The molecule has 2 heterocycles. The molecule has 1 aromatic heterocycles. The van der Waals surface area contributed by atoms with Gasteiger partial charge in [-0.05, 0) is 24.5 Å². The number of nitrogens with zero attached hydrogens (tertiary/aromatic N) is 1. The van der Waals surface area contributed by atoms with Gasteiger partial charge in [0, 0.05) is 22.4 Å². The average Bonchev–Trinajstić information content (AvgIpc) is 3.20. The van der Waals surface area contributed by atoms with Gasteiger partial charge in [0.2, 0.25) is 5.91 Å². The Morgan fingerprint density at radius 1 is 1.23 bits per heavy atom. The van der Waals surface area contributed by atoms with E-state index >= 15 is 0 Å². The molecule has 26 heavy (non-hydrogen) atoms. The van der Waals surface area contributed by atoms with Gasteiger partial charge in [0.25, 0.3) is 5.91 Å². The minimum absolute atomic E-state index is 0.0188. The summed E-state index contributed by atoms with van der Waals surface area (Å²) >= 11 is 7.15. The predicted molar refractivity (Wildman–Crippen MR) is 99.5 cm³/mol. The maximum absolute atomic E-state index is 12.1. The Morgan fingerprint density at radius 2 is 1.96 bits per heavy atom. The summed E-state index contributed by atoms with van der Waals surface area (Å²) in [6, 6.07) is 7.09. The number of rotatable bonds is 4. The Labute approximate surface area is 159 Å². The predicted octanol–water partition coefficient (Wildman–Crippen LogP) is 2.05. The van der Waals surface area contributed by atoms with Crippen molar-refractivity contribution in [2.24, 2.45) is 5.92 Å². The monoisotopic (exact) mass is 413 g/mol. The van der Waals surface area contributed by atoms with Gasteiger partial charge >= 0.3 is 0 Å². The van der Waals surface area contributed by atoms with Gasteiger partial charge in [-0.25, -0.2) is 13.4 Å². The number of nitrogens with one attached hydrogen (secondary N) is 2. The molecule has 1 aromatic carbocycles. The molecule has 1 unspecified atom stereocenters. The largest absolute Gasteiger partial charge is 0.289 e. The number of benzene rings is 1. The molecule has 2 amide bonds. The molecule has 7 nitrogen and oxygen atoms in total. The highest BCUT2D eigenvalue weighted by molar-refractivity contribution is 7.91. The zero-order chi connectivity index (χ0) is 18.7. The summed E-state index contributed by atoms with van der Waals surface area (Å²) in [6.07, 6.45) is 0.535. The molecule has 0 bridgehead atoms. The van der Waals surface area contributed by atoms with Gasteiger partial charge in [0.1, 0.15) is 10.7 Å². The summed E-state index contributed by atoms with van der Waals surface area (Å²) in [5.74, 6) is -1.02. The minimum Gasteiger partial charge on any atom is -0.273 e. The number of carbonyl (C=O) groups excluding carboxylic acids is 2. The first-order valence-electron chi connectivity index (χ1n) is 7.83. The van der Waals surface area contributed by atoms with Crippen LogP contribution in [0.2, 0.25) is 5.02 Å². The van der Waals surface area contributed by atoms with Crippen LogP contribution in [0.1, 0.15) is 23.3 Å². The molecule has 0 saturated carbocycles. The first-order chi connectivity index (χ1) is 12.3. The summed E-state index contributed by atoms with van der Waals surface area (Å²) in [7, 11) is -3.03. The van der Waals surface area contributed by atoms with Crippen molar-refractivity contribution < 1.29 is 18.0 Å². The standard InChI is InChI=1S/C16H16ClN3O4S2/c17-12-3-1-11(2-4-12)16-18-13(8-25-16)15(22)20-19-14(21)7-10-5-6-26(23,24)9-10/h1-4,8,10H,5-7,9H2,(H,19,21)(H,20,22). The molecule has 1 aliphatic heterocycles. The van der Waals surface area contributed by atoms with Gasteiger partial charge in [0.15, 0.2) is 9.84 Å². The molecule has 1 aliphatic rings. The number of hydrogen-bond donors (Lipinski definition) is 2. The quantitative estimate of drug-likeness (QED) is 0.746. The topological polar surface area (TPSA) is 105 Å². The second kappa shape index (κ2) is 7.73. The van der Waals surface area contributed by atoms with Crippen molar-refractivity contribution in [2.45, 2.75) is 12.8 Å². The molecule has 1 saturated heterocycles. The van der Waals surface area contributed by atoms with Gasteiger partial charge < -0.3 is 0 Å². The molecule has 0 aliphatic carbocycles. The van der Waals surface area contributed by atoms with Crippen LogP contribution >= 0.6 is 22.9 Å². The number of sulfone groups is 1. The van der Waals surface area contributed by atoms with E-state index in [1.165, 1.54) is 11.3 Å². The van der Waals surface area contributed by atoms with Crippen LogP contribution in [0.4, 0.5) is 0 Å². The third-order valence-electron chi connectivity index (χ3n) is 3.94. The minimum atomic E-state index is -3.03. The van der Waals surface area contributed by atoms with Crippen molar-refractivity contribution >= 4 is 44.6 Å². The number of thiazole rings is 1. The van der Waals surface area contributed by atoms with E-state index in [1.807, 2.05) is 0 Å². The lowest BCUT2D eigenvalue weighted by Gasteiger charge is -2.09. The molecule has 0 spiro atoms. The Balaban J connectivity index is 1.52. The zero-order valence-electron chi connectivity index (χ0n) is 13.6. The van der Waals surface area contributed by atoms with E-state index in [2.05, 4.69) is 15.8 Å². The van der Waals surface area contributed by atoms with E-state index in [-0.39, 0.29) is 29.5 Å². The maximum Gasteiger partial charge on any atom is 0.289 e. The zero-order valence-corrected chi connectivity index (χ0v) is 16.0. The summed E-state index contributed by atoms with van der Waals surface area (Å²) < 4.78 is 22.8. The van der Waals surface area contributed by atoms with Crippen LogP contribution in [0.25, 0.3) is 10.6 Å². The molecule has 1 atom stereocenters. The van der Waals surface area contributed by atoms with Crippen molar-refractivity contribution in [3.63, 3.8) is 0 Å². The third kappa shape index (κ3) is 4.80. The number of amides is 2. The van der Waals surface area contributed by atoms with Gasteiger partial charge in [0.05, 0.1) is 11.5 Å². The molecule has 2 N–H and O–H groups in total. The Morgan fingerprint density at radius 3 is 2.62 bits per heavy atom. The highest BCUT2D eigenvalue weighted by Crippen LogP contribution is 2.25. The summed E-state index contributed by atoms with van der Waals surface area (Å²) in [4.78, 5) is 28.2. The molecular weight excluding hydrogens is 398 g/mol. The highest BCUT2D eigenvalue weighted by Gasteiger charge is 2.29. The van der Waals surface area contributed by atoms with E-state index in [4.69, 9.17) is 11.6 Å². The summed E-state index contributed by atoms with van der Waals surface area (Å²) in [6.45, 7) is 0. The highest BCUT2D eigenvalue weighted by atomic mass is 35.5. The van der Waals surface area contributed by atoms with Gasteiger partial charge in [-0.15, -0.1) is 11.3 Å². The Kier molecular flexibility index (Phi) is 5.59. The van der Waals surface area contributed by atoms with Crippen LogP contribution in [0.5, 0.6) is 0 Å². The number of aromatic nitrogens is 1.